The number of ether oxygens (including phenoxy) is 5. The van der Waals surface area contributed by atoms with Crippen molar-refractivity contribution < 1.29 is 33.3 Å². The van der Waals surface area contributed by atoms with E-state index >= 15 is 0 Å². The molecule has 4 N–H and O–H groups in total. The molecular formula is C21H26N2O7. The van der Waals surface area contributed by atoms with Crippen molar-refractivity contribution in [3.63, 3.8) is 0 Å². The summed E-state index contributed by atoms with van der Waals surface area (Å²) in [7, 11) is 5.75. The van der Waals surface area contributed by atoms with E-state index in [1.165, 1.54) is 40.6 Å². The van der Waals surface area contributed by atoms with Crippen LogP contribution in [0.3, 0.4) is 0 Å². The second kappa shape index (κ2) is 10.2. The number of hydrogen-bond donors (Lipinski definition) is 2. The Morgan fingerprint density at radius 2 is 1.60 bits per heavy atom. The zero-order valence-electron chi connectivity index (χ0n) is 17.4. The highest BCUT2D eigenvalue weighted by Gasteiger charge is 2.19. The molecule has 0 radical (unpaired) electrons. The van der Waals surface area contributed by atoms with Gasteiger partial charge in [-0.25, -0.2) is 4.79 Å². The molecule has 9 heteroatoms. The molecule has 30 heavy (non-hydrogen) atoms. The van der Waals surface area contributed by atoms with Gasteiger partial charge in [-0.05, 0) is 25.0 Å². The summed E-state index contributed by atoms with van der Waals surface area (Å²) < 4.78 is 26.6. The molecule has 9 nitrogen and oxygen atoms in total. The van der Waals surface area contributed by atoms with E-state index in [4.69, 9.17) is 35.2 Å². The van der Waals surface area contributed by atoms with Crippen LogP contribution in [0.2, 0.25) is 0 Å². The summed E-state index contributed by atoms with van der Waals surface area (Å²) in [6, 6.07) is 6.22. The van der Waals surface area contributed by atoms with Gasteiger partial charge in [-0.15, -0.1) is 0 Å². The van der Waals surface area contributed by atoms with E-state index in [2.05, 4.69) is 0 Å². The number of benzene rings is 2. The fourth-order valence-corrected chi connectivity index (χ4v) is 3.03. The highest BCUT2D eigenvalue weighted by Crippen LogP contribution is 2.35. The molecule has 0 unspecified atom stereocenters. The molecule has 0 saturated heterocycles. The number of primary amides is 1. The summed E-state index contributed by atoms with van der Waals surface area (Å²) in [5.74, 6) is 0.546. The number of hydrogen-bond acceptors (Lipinski definition) is 8. The van der Waals surface area contributed by atoms with E-state index < -0.39 is 11.9 Å². The minimum absolute atomic E-state index is 0.186. The molecule has 0 atom stereocenters. The predicted molar refractivity (Wildman–Crippen MR) is 111 cm³/mol. The van der Waals surface area contributed by atoms with Gasteiger partial charge in [-0.3, -0.25) is 4.79 Å². The van der Waals surface area contributed by atoms with Crippen LogP contribution in [0.5, 0.6) is 23.0 Å². The number of esters is 1. The second-order valence-electron chi connectivity index (χ2n) is 6.23. The van der Waals surface area contributed by atoms with Gasteiger partial charge in [-0.2, -0.15) is 0 Å². The van der Waals surface area contributed by atoms with Crippen molar-refractivity contribution in [2.45, 2.75) is 12.8 Å². The number of amides is 1. The number of nitrogens with two attached hydrogens (primary N) is 2. The third kappa shape index (κ3) is 4.86. The lowest BCUT2D eigenvalue weighted by Gasteiger charge is -2.16. The molecule has 2 rings (SSSR count). The van der Waals surface area contributed by atoms with Gasteiger partial charge in [0.2, 0.25) is 0 Å². The third-order valence-corrected chi connectivity index (χ3v) is 4.48. The Morgan fingerprint density at radius 1 is 0.900 bits per heavy atom. The Labute approximate surface area is 174 Å². The van der Waals surface area contributed by atoms with Crippen LogP contribution in [0, 0.1) is 0 Å². The average Bonchev–Trinajstić information content (AvgIpc) is 2.75. The molecule has 0 heterocycles. The summed E-state index contributed by atoms with van der Waals surface area (Å²) in [6.45, 7) is 0.286. The first-order valence-electron chi connectivity index (χ1n) is 9.10. The third-order valence-electron chi connectivity index (χ3n) is 4.48. The Balaban J connectivity index is 2.18. The van der Waals surface area contributed by atoms with Crippen LogP contribution in [-0.4, -0.2) is 46.9 Å². The van der Waals surface area contributed by atoms with Gasteiger partial charge in [0.15, 0.2) is 11.5 Å². The Bertz CT molecular complexity index is 928. The Hall–Kier alpha value is -3.62. The smallest absolute Gasteiger partial charge is 0.340 e. The molecule has 0 aliphatic carbocycles. The molecule has 0 spiro atoms. The lowest BCUT2D eigenvalue weighted by molar-refractivity contribution is 0.0601. The van der Waals surface area contributed by atoms with Crippen LogP contribution >= 0.6 is 0 Å². The average molecular weight is 418 g/mol. The minimum atomic E-state index is -0.589. The first-order valence-corrected chi connectivity index (χ1v) is 9.10. The van der Waals surface area contributed by atoms with E-state index in [-0.39, 0.29) is 23.4 Å². The number of carbonyl (C=O) groups is 2. The van der Waals surface area contributed by atoms with Crippen molar-refractivity contribution in [2.24, 2.45) is 5.73 Å². The number of carbonyl (C=O) groups excluding carboxylic acids is 2. The van der Waals surface area contributed by atoms with E-state index in [1.54, 1.807) is 12.1 Å². The largest absolute Gasteiger partial charge is 0.496 e. The SMILES string of the molecule is COC(=O)c1cc(OCCCc2c(OC)ccc(C(N)=O)c2OC)c(OC)cc1N. The van der Waals surface area contributed by atoms with E-state index in [9.17, 15) is 9.59 Å². The maximum absolute atomic E-state index is 11.9. The standard InChI is InChI=1S/C21H26N2O7/c1-26-16-8-7-13(20(23)24)19(28-3)12(16)6-5-9-30-18-10-14(21(25)29-4)15(22)11-17(18)27-2/h7-8,10-11H,5-6,9,22H2,1-4H3,(H2,23,24). The van der Waals surface area contributed by atoms with Crippen molar-refractivity contribution in [1.82, 2.24) is 0 Å². The van der Waals surface area contributed by atoms with Crippen LogP contribution in [-0.2, 0) is 11.2 Å². The van der Waals surface area contributed by atoms with Gasteiger partial charge in [-0.1, -0.05) is 0 Å². The Morgan fingerprint density at radius 3 is 2.17 bits per heavy atom. The second-order valence-corrected chi connectivity index (χ2v) is 6.23. The van der Waals surface area contributed by atoms with Gasteiger partial charge in [0.05, 0.1) is 51.9 Å². The normalized spacial score (nSPS) is 10.3. The first kappa shape index (κ1) is 22.7. The minimum Gasteiger partial charge on any atom is -0.496 e. The highest BCUT2D eigenvalue weighted by atomic mass is 16.5. The van der Waals surface area contributed by atoms with E-state index in [0.29, 0.717) is 41.4 Å². The molecule has 0 aliphatic heterocycles. The van der Waals surface area contributed by atoms with Gasteiger partial charge in [0, 0.05) is 17.7 Å². The zero-order chi connectivity index (χ0) is 22.3. The van der Waals surface area contributed by atoms with E-state index in [1.807, 2.05) is 0 Å². The molecule has 2 aromatic rings. The molecular weight excluding hydrogens is 392 g/mol. The number of methoxy groups -OCH3 is 4. The lowest BCUT2D eigenvalue weighted by Crippen LogP contribution is -2.14. The summed E-state index contributed by atoms with van der Waals surface area (Å²) in [5.41, 5.74) is 12.7. The van der Waals surface area contributed by atoms with Gasteiger partial charge in [0.25, 0.3) is 5.91 Å². The molecule has 2 aromatic carbocycles. The van der Waals surface area contributed by atoms with E-state index in [0.717, 1.165) is 0 Å². The van der Waals surface area contributed by atoms with Crippen LogP contribution < -0.4 is 30.4 Å². The van der Waals surface area contributed by atoms with Gasteiger partial charge >= 0.3 is 5.97 Å². The topological polar surface area (TPSA) is 132 Å². The van der Waals surface area contributed by atoms with Crippen molar-refractivity contribution in [2.75, 3.05) is 40.8 Å². The number of nitrogen functional groups attached to an aromatic ring is 1. The summed E-state index contributed by atoms with van der Waals surface area (Å²) in [4.78, 5) is 23.5. The van der Waals surface area contributed by atoms with Crippen molar-refractivity contribution in [1.29, 1.82) is 0 Å². The van der Waals surface area contributed by atoms with Crippen LogP contribution in [0.25, 0.3) is 0 Å². The summed E-state index contributed by atoms with van der Waals surface area (Å²) in [5, 5.41) is 0. The summed E-state index contributed by atoms with van der Waals surface area (Å²) >= 11 is 0. The van der Waals surface area contributed by atoms with Crippen molar-refractivity contribution >= 4 is 17.6 Å². The van der Waals surface area contributed by atoms with Gasteiger partial charge < -0.3 is 35.2 Å². The number of anilines is 1. The Kier molecular flexibility index (Phi) is 7.74. The van der Waals surface area contributed by atoms with Crippen LogP contribution in [0.1, 0.15) is 32.7 Å². The predicted octanol–water partition coefficient (Wildman–Crippen LogP) is 2.19. The molecule has 1 amide bonds. The molecule has 0 bridgehead atoms. The monoisotopic (exact) mass is 418 g/mol. The first-order chi connectivity index (χ1) is 14.4. The fraction of sp³-hybridized carbons (Fsp3) is 0.333. The molecule has 162 valence electrons. The molecule has 0 aliphatic rings. The maximum atomic E-state index is 11.9. The molecule has 0 fully saturated rings. The lowest BCUT2D eigenvalue weighted by atomic mass is 10.0. The van der Waals surface area contributed by atoms with Gasteiger partial charge in [0.1, 0.15) is 11.5 Å². The van der Waals surface area contributed by atoms with Crippen molar-refractivity contribution in [3.8, 4) is 23.0 Å². The zero-order valence-corrected chi connectivity index (χ0v) is 17.4. The van der Waals surface area contributed by atoms with Crippen molar-refractivity contribution in [3.05, 3.63) is 41.0 Å². The number of rotatable bonds is 10. The van der Waals surface area contributed by atoms with Crippen LogP contribution in [0.15, 0.2) is 24.3 Å². The fourth-order valence-electron chi connectivity index (χ4n) is 3.03. The summed E-state index contributed by atoms with van der Waals surface area (Å²) in [6.07, 6.45) is 1.05. The molecule has 0 saturated carbocycles. The van der Waals surface area contributed by atoms with Crippen LogP contribution in [0.4, 0.5) is 5.69 Å². The molecule has 0 aromatic heterocycles. The highest BCUT2D eigenvalue weighted by molar-refractivity contribution is 5.97. The quantitative estimate of drug-likeness (QED) is 0.341. The maximum Gasteiger partial charge on any atom is 0.340 e.